The smallest absolute Gasteiger partial charge is 0.231 e. The number of thiocarbonyl (C=S) groups is 2. The van der Waals surface area contributed by atoms with Gasteiger partial charge in [0.2, 0.25) is 8.77 Å². The average molecular weight is 308 g/mol. The Morgan fingerprint density at radius 1 is 1.00 bits per heavy atom. The third-order valence-electron chi connectivity index (χ3n) is 0.702. The van der Waals surface area contributed by atoms with Crippen LogP contribution in [0.5, 0.6) is 0 Å². The Hall–Kier alpha value is 1.10. The molecule has 0 bridgehead atoms. The van der Waals surface area contributed by atoms with Gasteiger partial charge in [-0.3, -0.25) is 0 Å². The van der Waals surface area contributed by atoms with Gasteiger partial charge in [-0.1, -0.05) is 0 Å². The summed E-state index contributed by atoms with van der Waals surface area (Å²) in [4.78, 5) is 0. The van der Waals surface area contributed by atoms with Gasteiger partial charge in [-0.05, 0) is 38.3 Å². The van der Waals surface area contributed by atoms with Gasteiger partial charge in [0, 0.05) is 41.1 Å². The minimum atomic E-state index is 0. The molecule has 7 heteroatoms. The molecule has 13 heavy (non-hydrogen) atoms. The van der Waals surface area contributed by atoms with Crippen molar-refractivity contribution in [2.75, 3.05) is 13.2 Å². The van der Waals surface area contributed by atoms with Gasteiger partial charge in [-0.25, -0.2) is 0 Å². The molecule has 0 atom stereocenters. The topological polar surface area (TPSA) is 18.5 Å². The molecule has 0 fully saturated rings. The zero-order valence-electron chi connectivity index (χ0n) is 7.57. The van der Waals surface area contributed by atoms with E-state index in [1.54, 1.807) is 0 Å². The molecule has 0 aliphatic heterocycles. The molecule has 0 saturated carbocycles. The van der Waals surface area contributed by atoms with Crippen LogP contribution < -0.4 is 0 Å². The van der Waals surface area contributed by atoms with Crippen LogP contribution in [0.2, 0.25) is 0 Å². The Morgan fingerprint density at radius 3 is 1.54 bits per heavy atom. The first-order valence-corrected chi connectivity index (χ1v) is 6.35. The van der Waals surface area contributed by atoms with Crippen molar-refractivity contribution >= 4 is 54.8 Å². The standard InChI is InChI=1S/C6H10O2S4.Zn/c1-3-7-5(9)11-12-6(10)8-4-2;/h3-4H2,1-2H3;. The summed E-state index contributed by atoms with van der Waals surface area (Å²) >= 11 is 9.72. The predicted molar refractivity (Wildman–Crippen MR) is 63.6 cm³/mol. The molecule has 0 spiro atoms. The van der Waals surface area contributed by atoms with Crippen molar-refractivity contribution in [3.63, 3.8) is 0 Å². The molecule has 0 heterocycles. The summed E-state index contributed by atoms with van der Waals surface area (Å²) in [6, 6.07) is 0. The fourth-order valence-corrected chi connectivity index (χ4v) is 2.36. The molecule has 0 aromatic carbocycles. The summed E-state index contributed by atoms with van der Waals surface area (Å²) < 4.78 is 11.0. The first kappa shape index (κ1) is 16.5. The van der Waals surface area contributed by atoms with E-state index >= 15 is 0 Å². The van der Waals surface area contributed by atoms with Gasteiger partial charge in [0.05, 0.1) is 13.2 Å². The predicted octanol–water partition coefficient (Wildman–Crippen LogP) is 3.01. The second kappa shape index (κ2) is 11.2. The molecular formula is C6H10O2S4Zn. The Kier molecular flexibility index (Phi) is 14.2. The molecule has 2 nitrogen and oxygen atoms in total. The Labute approximate surface area is 110 Å². The monoisotopic (exact) mass is 306 g/mol. The minimum Gasteiger partial charge on any atom is -0.478 e. The van der Waals surface area contributed by atoms with Gasteiger partial charge in [0.15, 0.2) is 0 Å². The number of hydrogen-bond donors (Lipinski definition) is 0. The van der Waals surface area contributed by atoms with Crippen molar-refractivity contribution in [3.8, 4) is 0 Å². The van der Waals surface area contributed by atoms with Crippen molar-refractivity contribution in [1.29, 1.82) is 0 Å². The molecule has 0 N–H and O–H groups in total. The van der Waals surface area contributed by atoms with Gasteiger partial charge >= 0.3 is 0 Å². The van der Waals surface area contributed by atoms with Crippen molar-refractivity contribution in [1.82, 2.24) is 0 Å². The van der Waals surface area contributed by atoms with Crippen LogP contribution >= 0.6 is 46.0 Å². The van der Waals surface area contributed by atoms with Crippen molar-refractivity contribution in [3.05, 3.63) is 0 Å². The van der Waals surface area contributed by atoms with E-state index in [9.17, 15) is 0 Å². The molecule has 0 aliphatic carbocycles. The van der Waals surface area contributed by atoms with Crippen LogP contribution in [0.3, 0.4) is 0 Å². The fraction of sp³-hybridized carbons (Fsp3) is 0.667. The molecule has 0 unspecified atom stereocenters. The van der Waals surface area contributed by atoms with E-state index in [1.165, 1.54) is 21.6 Å². The fourth-order valence-electron chi connectivity index (χ4n) is 0.352. The van der Waals surface area contributed by atoms with Gasteiger partial charge in [0.1, 0.15) is 0 Å². The normalized spacial score (nSPS) is 8.46. The molecule has 0 aromatic heterocycles. The van der Waals surface area contributed by atoms with E-state index in [2.05, 4.69) is 0 Å². The summed E-state index contributed by atoms with van der Waals surface area (Å²) in [5.74, 6) is 0. The quantitative estimate of drug-likeness (QED) is 0.440. The first-order valence-electron chi connectivity index (χ1n) is 3.38. The van der Waals surface area contributed by atoms with Crippen LogP contribution in [-0.2, 0) is 29.0 Å². The number of rotatable bonds is 2. The van der Waals surface area contributed by atoms with Crippen molar-refractivity contribution < 1.29 is 29.0 Å². The molecule has 0 rings (SSSR count). The molecule has 0 aliphatic rings. The van der Waals surface area contributed by atoms with E-state index in [1.807, 2.05) is 13.8 Å². The zero-order valence-corrected chi connectivity index (χ0v) is 13.8. The second-order valence-corrected chi connectivity index (χ2v) is 4.87. The Morgan fingerprint density at radius 2 is 1.31 bits per heavy atom. The van der Waals surface area contributed by atoms with Crippen LogP contribution in [0.25, 0.3) is 0 Å². The minimum absolute atomic E-state index is 0. The summed E-state index contributed by atoms with van der Waals surface area (Å²) in [5.41, 5.74) is 0. The van der Waals surface area contributed by atoms with E-state index < -0.39 is 0 Å². The van der Waals surface area contributed by atoms with Crippen LogP contribution in [0, 0.1) is 0 Å². The third-order valence-corrected chi connectivity index (χ3v) is 3.82. The number of hydrogen-bond acceptors (Lipinski definition) is 6. The maximum absolute atomic E-state index is 5.03. The van der Waals surface area contributed by atoms with Gasteiger partial charge in [-0.15, -0.1) is 0 Å². The van der Waals surface area contributed by atoms with Crippen LogP contribution in [0.4, 0.5) is 0 Å². The average Bonchev–Trinajstić information content (AvgIpc) is 2.02. The van der Waals surface area contributed by atoms with E-state index in [0.29, 0.717) is 22.0 Å². The van der Waals surface area contributed by atoms with Gasteiger partial charge in [0.25, 0.3) is 0 Å². The van der Waals surface area contributed by atoms with Crippen molar-refractivity contribution in [2.24, 2.45) is 0 Å². The summed E-state index contributed by atoms with van der Waals surface area (Å²) in [6.07, 6.45) is 0. The molecule has 0 aromatic rings. The van der Waals surface area contributed by atoms with E-state index in [-0.39, 0.29) is 19.5 Å². The van der Waals surface area contributed by atoms with Gasteiger partial charge in [-0.2, -0.15) is 0 Å². The maximum atomic E-state index is 5.03. The molecular weight excluding hydrogens is 298 g/mol. The third kappa shape index (κ3) is 11.0. The SMILES string of the molecule is CCOC(=S)SSC(=S)OCC.[Zn]. The maximum Gasteiger partial charge on any atom is 0.231 e. The molecule has 0 saturated heterocycles. The van der Waals surface area contributed by atoms with Crippen LogP contribution in [0.15, 0.2) is 0 Å². The summed E-state index contributed by atoms with van der Waals surface area (Å²) in [7, 11) is 2.62. The van der Waals surface area contributed by atoms with Crippen molar-refractivity contribution in [2.45, 2.75) is 13.8 Å². The molecule has 72 valence electrons. The molecule has 0 amide bonds. The zero-order chi connectivity index (χ0) is 9.40. The van der Waals surface area contributed by atoms with Crippen LogP contribution in [0.1, 0.15) is 13.8 Å². The first-order chi connectivity index (χ1) is 5.70. The van der Waals surface area contributed by atoms with Gasteiger partial charge < -0.3 is 9.47 Å². The summed E-state index contributed by atoms with van der Waals surface area (Å²) in [5, 5.41) is 0. The molecule has 0 radical (unpaired) electrons. The van der Waals surface area contributed by atoms with Crippen LogP contribution in [-0.4, -0.2) is 22.0 Å². The summed E-state index contributed by atoms with van der Waals surface area (Å²) in [6.45, 7) is 4.96. The van der Waals surface area contributed by atoms with E-state index in [4.69, 9.17) is 33.9 Å². The second-order valence-electron chi connectivity index (χ2n) is 1.53. The Bertz CT molecular complexity index is 147. The Balaban J connectivity index is 0. The number of ether oxygens (including phenoxy) is 2. The van der Waals surface area contributed by atoms with E-state index in [0.717, 1.165) is 0 Å². The largest absolute Gasteiger partial charge is 0.478 e.